The van der Waals surface area contributed by atoms with Gasteiger partial charge >= 0.3 is 0 Å². The minimum Gasteiger partial charge on any atom is -0.395 e. The van der Waals surface area contributed by atoms with Crippen molar-refractivity contribution in [3.05, 3.63) is 24.0 Å². The van der Waals surface area contributed by atoms with Crippen LogP contribution in [0.15, 0.2) is 18.2 Å². The summed E-state index contributed by atoms with van der Waals surface area (Å²) in [4.78, 5) is 12.0. The first-order chi connectivity index (χ1) is 9.26. The number of nitrogens with zero attached hydrogens (tertiary/aromatic N) is 3. The van der Waals surface area contributed by atoms with Gasteiger partial charge in [-0.2, -0.15) is 0 Å². The van der Waals surface area contributed by atoms with Gasteiger partial charge in [-0.25, -0.2) is 9.37 Å². The van der Waals surface area contributed by atoms with Crippen LogP contribution in [0, 0.1) is 5.82 Å². The van der Waals surface area contributed by atoms with Gasteiger partial charge in [0.2, 0.25) is 5.95 Å². The van der Waals surface area contributed by atoms with Crippen molar-refractivity contribution >= 4 is 17.0 Å². The molecule has 0 bridgehead atoms. The molecule has 5 nitrogen and oxygen atoms in total. The molecule has 6 heteroatoms. The molecule has 2 aromatic rings. The van der Waals surface area contributed by atoms with Gasteiger partial charge in [0, 0.05) is 32.7 Å². The maximum atomic E-state index is 13.1. The predicted molar refractivity (Wildman–Crippen MR) is 71.8 cm³/mol. The van der Waals surface area contributed by atoms with Crippen molar-refractivity contribution in [1.29, 1.82) is 0 Å². The van der Waals surface area contributed by atoms with Crippen LogP contribution in [0.25, 0.3) is 11.0 Å². The Morgan fingerprint density at radius 3 is 2.79 bits per heavy atom. The Balaban J connectivity index is 1.74. The van der Waals surface area contributed by atoms with Crippen LogP contribution < -0.4 is 4.90 Å². The molecule has 0 amide bonds. The summed E-state index contributed by atoms with van der Waals surface area (Å²) in [5.41, 5.74) is 1.52. The highest BCUT2D eigenvalue weighted by Gasteiger charge is 2.19. The number of fused-ring (bicyclic) bond motifs is 1. The summed E-state index contributed by atoms with van der Waals surface area (Å²) in [7, 11) is 0. The van der Waals surface area contributed by atoms with Gasteiger partial charge in [0.25, 0.3) is 0 Å². The summed E-state index contributed by atoms with van der Waals surface area (Å²) in [5.74, 6) is 0.541. The SMILES string of the molecule is OCCN1CCN(c2nc3ccc(F)cc3[nH]2)CC1. The third kappa shape index (κ3) is 2.54. The fraction of sp³-hybridized carbons (Fsp3) is 0.462. The molecule has 1 aromatic heterocycles. The first-order valence-electron chi connectivity index (χ1n) is 6.50. The topological polar surface area (TPSA) is 55.4 Å². The van der Waals surface area contributed by atoms with Crippen LogP contribution in [0.2, 0.25) is 0 Å². The van der Waals surface area contributed by atoms with E-state index in [1.807, 2.05) is 0 Å². The molecule has 1 aliphatic heterocycles. The van der Waals surface area contributed by atoms with Gasteiger partial charge in [0.15, 0.2) is 0 Å². The molecule has 3 rings (SSSR count). The van der Waals surface area contributed by atoms with Crippen molar-refractivity contribution in [3.63, 3.8) is 0 Å². The van der Waals surface area contributed by atoms with E-state index in [9.17, 15) is 4.39 Å². The number of H-pyrrole nitrogens is 1. The molecular weight excluding hydrogens is 247 g/mol. The lowest BCUT2D eigenvalue weighted by Crippen LogP contribution is -2.47. The van der Waals surface area contributed by atoms with E-state index in [2.05, 4.69) is 19.8 Å². The number of β-amino-alcohol motifs (C(OH)–C–C–N with tert-alkyl or cyclic N) is 1. The van der Waals surface area contributed by atoms with E-state index >= 15 is 0 Å². The second-order valence-corrected chi connectivity index (χ2v) is 4.77. The summed E-state index contributed by atoms with van der Waals surface area (Å²) in [5, 5.41) is 8.91. The van der Waals surface area contributed by atoms with Gasteiger partial charge in [-0.15, -0.1) is 0 Å². The van der Waals surface area contributed by atoms with Crippen LogP contribution in [-0.2, 0) is 0 Å². The normalized spacial score (nSPS) is 17.3. The second-order valence-electron chi connectivity index (χ2n) is 4.77. The van der Waals surface area contributed by atoms with Crippen LogP contribution >= 0.6 is 0 Å². The molecule has 0 aliphatic carbocycles. The van der Waals surface area contributed by atoms with Gasteiger partial charge in [-0.1, -0.05) is 0 Å². The molecule has 1 aromatic carbocycles. The molecule has 1 aliphatic rings. The fourth-order valence-corrected chi connectivity index (χ4v) is 2.44. The van der Waals surface area contributed by atoms with Crippen molar-refractivity contribution in [1.82, 2.24) is 14.9 Å². The van der Waals surface area contributed by atoms with Gasteiger partial charge in [-0.3, -0.25) is 4.90 Å². The maximum Gasteiger partial charge on any atom is 0.203 e. The van der Waals surface area contributed by atoms with E-state index in [0.717, 1.165) is 49.7 Å². The Hall–Kier alpha value is -1.66. The highest BCUT2D eigenvalue weighted by atomic mass is 19.1. The Kier molecular flexibility index (Phi) is 3.35. The zero-order valence-corrected chi connectivity index (χ0v) is 10.6. The zero-order chi connectivity index (χ0) is 13.2. The van der Waals surface area contributed by atoms with E-state index in [1.54, 1.807) is 6.07 Å². The van der Waals surface area contributed by atoms with Crippen LogP contribution in [-0.4, -0.2) is 59.3 Å². The number of hydrogen-bond acceptors (Lipinski definition) is 4. The number of aliphatic hydroxyl groups excluding tert-OH is 1. The third-order valence-corrected chi connectivity index (χ3v) is 3.52. The van der Waals surface area contributed by atoms with Gasteiger partial charge in [0.1, 0.15) is 5.82 Å². The lowest BCUT2D eigenvalue weighted by molar-refractivity contribution is 0.188. The number of aliphatic hydroxyl groups is 1. The summed E-state index contributed by atoms with van der Waals surface area (Å²) >= 11 is 0. The fourth-order valence-electron chi connectivity index (χ4n) is 2.44. The minimum atomic E-state index is -0.254. The minimum absolute atomic E-state index is 0.198. The Morgan fingerprint density at radius 2 is 2.05 bits per heavy atom. The maximum absolute atomic E-state index is 13.1. The number of benzene rings is 1. The molecule has 19 heavy (non-hydrogen) atoms. The second kappa shape index (κ2) is 5.14. The third-order valence-electron chi connectivity index (χ3n) is 3.52. The number of nitrogens with one attached hydrogen (secondary N) is 1. The van der Waals surface area contributed by atoms with Crippen LogP contribution in [0.5, 0.6) is 0 Å². The van der Waals surface area contributed by atoms with E-state index in [1.165, 1.54) is 12.1 Å². The number of hydrogen-bond donors (Lipinski definition) is 2. The highest BCUT2D eigenvalue weighted by Crippen LogP contribution is 2.19. The molecular formula is C13H17FN4O. The quantitative estimate of drug-likeness (QED) is 0.861. The molecule has 102 valence electrons. The standard InChI is InChI=1S/C13H17FN4O/c14-10-1-2-11-12(9-10)16-13(15-11)18-5-3-17(4-6-18)7-8-19/h1-2,9,19H,3-8H2,(H,15,16). The number of imidazole rings is 1. The Morgan fingerprint density at radius 1 is 1.26 bits per heavy atom. The van der Waals surface area contributed by atoms with Crippen molar-refractivity contribution in [2.24, 2.45) is 0 Å². The summed E-state index contributed by atoms with van der Waals surface area (Å²) in [6.07, 6.45) is 0. The number of aromatic nitrogens is 2. The summed E-state index contributed by atoms with van der Waals surface area (Å²) in [6.45, 7) is 4.46. The number of anilines is 1. The molecule has 1 fully saturated rings. The van der Waals surface area contributed by atoms with Gasteiger partial charge in [0.05, 0.1) is 17.6 Å². The predicted octanol–water partition coefficient (Wildman–Crippen LogP) is 0.816. The monoisotopic (exact) mass is 264 g/mol. The molecule has 0 atom stereocenters. The van der Waals surface area contributed by atoms with Gasteiger partial charge in [-0.05, 0) is 18.2 Å². The number of halogens is 1. The molecule has 0 unspecified atom stereocenters. The van der Waals surface area contributed by atoms with Crippen LogP contribution in [0.4, 0.5) is 10.3 Å². The van der Waals surface area contributed by atoms with Crippen molar-refractivity contribution in [2.45, 2.75) is 0 Å². The molecule has 1 saturated heterocycles. The number of piperazine rings is 1. The smallest absolute Gasteiger partial charge is 0.203 e. The number of aromatic amines is 1. The molecule has 2 N–H and O–H groups in total. The first kappa shape index (κ1) is 12.4. The average molecular weight is 264 g/mol. The van der Waals surface area contributed by atoms with Crippen molar-refractivity contribution < 1.29 is 9.50 Å². The average Bonchev–Trinajstić information content (AvgIpc) is 2.83. The summed E-state index contributed by atoms with van der Waals surface area (Å²) in [6, 6.07) is 4.58. The first-order valence-corrected chi connectivity index (χ1v) is 6.50. The van der Waals surface area contributed by atoms with Crippen LogP contribution in [0.3, 0.4) is 0 Å². The highest BCUT2D eigenvalue weighted by molar-refractivity contribution is 5.77. The number of rotatable bonds is 3. The van der Waals surface area contributed by atoms with Gasteiger partial charge < -0.3 is 15.0 Å². The van der Waals surface area contributed by atoms with Crippen molar-refractivity contribution in [3.8, 4) is 0 Å². The lowest BCUT2D eigenvalue weighted by atomic mass is 10.3. The molecule has 0 saturated carbocycles. The molecule has 2 heterocycles. The summed E-state index contributed by atoms with van der Waals surface area (Å²) < 4.78 is 13.1. The largest absolute Gasteiger partial charge is 0.395 e. The van der Waals surface area contributed by atoms with Crippen LogP contribution in [0.1, 0.15) is 0 Å². The lowest BCUT2D eigenvalue weighted by Gasteiger charge is -2.34. The zero-order valence-electron chi connectivity index (χ0n) is 10.6. The molecule has 0 radical (unpaired) electrons. The molecule has 0 spiro atoms. The van der Waals surface area contributed by atoms with E-state index < -0.39 is 0 Å². The van der Waals surface area contributed by atoms with E-state index in [0.29, 0.717) is 0 Å². The van der Waals surface area contributed by atoms with Crippen molar-refractivity contribution in [2.75, 3.05) is 44.2 Å². The van der Waals surface area contributed by atoms with E-state index in [-0.39, 0.29) is 12.4 Å². The van der Waals surface area contributed by atoms with E-state index in [4.69, 9.17) is 5.11 Å². The Bertz CT molecular complexity index is 563. The Labute approximate surface area is 110 Å².